The summed E-state index contributed by atoms with van der Waals surface area (Å²) >= 11 is 6.37. The Balaban J connectivity index is 1.42. The van der Waals surface area contributed by atoms with Gasteiger partial charge in [0.05, 0.1) is 21.2 Å². The van der Waals surface area contributed by atoms with E-state index in [0.717, 1.165) is 12.1 Å². The number of benzene rings is 4. The Morgan fingerprint density at radius 1 is 0.857 bits per heavy atom. The summed E-state index contributed by atoms with van der Waals surface area (Å²) in [6.45, 7) is 0. The van der Waals surface area contributed by atoms with Gasteiger partial charge in [-0.25, -0.2) is 13.1 Å². The van der Waals surface area contributed by atoms with Crippen molar-refractivity contribution in [2.45, 2.75) is 11.1 Å². The molecule has 0 spiro atoms. The first-order chi connectivity index (χ1) is 20.0. The number of nitrogens with zero attached hydrogens (tertiary/aromatic N) is 3. The second kappa shape index (κ2) is 11.6. The number of carbonyl (C=O) groups is 1. The van der Waals surface area contributed by atoms with Gasteiger partial charge in [-0.1, -0.05) is 54.1 Å². The van der Waals surface area contributed by atoms with Gasteiger partial charge >= 0.3 is 6.18 Å². The third-order valence-electron chi connectivity index (χ3n) is 5.87. The van der Waals surface area contributed by atoms with Gasteiger partial charge in [-0.05, 0) is 60.7 Å². The highest BCUT2D eigenvalue weighted by atomic mass is 35.5. The number of carbonyl (C=O) groups excluding carboxylic acids is 1. The summed E-state index contributed by atoms with van der Waals surface area (Å²) < 4.78 is 66.3. The molecule has 3 N–H and O–H groups in total. The first-order valence-electron chi connectivity index (χ1n) is 12.2. The van der Waals surface area contributed by atoms with Gasteiger partial charge in [-0.2, -0.15) is 18.2 Å². The third-order valence-corrected chi connectivity index (χ3v) is 7.47. The van der Waals surface area contributed by atoms with Gasteiger partial charge in [0.1, 0.15) is 0 Å². The Kier molecular flexibility index (Phi) is 7.98. The molecule has 5 aromatic rings. The number of aromatic nitrogens is 3. The summed E-state index contributed by atoms with van der Waals surface area (Å²) in [5.74, 6) is -0.561. The van der Waals surface area contributed by atoms with E-state index in [4.69, 9.17) is 11.6 Å². The Hall–Kier alpha value is -4.72. The van der Waals surface area contributed by atoms with Crippen molar-refractivity contribution in [2.75, 3.05) is 5.32 Å². The Morgan fingerprint density at radius 2 is 1.57 bits per heavy atom. The van der Waals surface area contributed by atoms with Crippen LogP contribution in [0.3, 0.4) is 0 Å². The van der Waals surface area contributed by atoms with Crippen molar-refractivity contribution >= 4 is 39.2 Å². The number of hydrazine groups is 1. The second-order valence-corrected chi connectivity index (χ2v) is 10.9. The molecule has 0 aliphatic heterocycles. The topological polar surface area (TPSA) is 118 Å². The molecule has 0 aliphatic carbocycles. The number of sulfonamides is 1. The molecule has 1 amide bonds. The Morgan fingerprint density at radius 3 is 2.31 bits per heavy atom. The fourth-order valence-electron chi connectivity index (χ4n) is 3.89. The van der Waals surface area contributed by atoms with Crippen LogP contribution in [0.25, 0.3) is 17.1 Å². The molecule has 1 aromatic heterocycles. The quantitative estimate of drug-likeness (QED) is 0.186. The molecule has 0 fully saturated rings. The zero-order valence-electron chi connectivity index (χ0n) is 21.3. The predicted octanol–water partition coefficient (Wildman–Crippen LogP) is 5.97. The molecule has 214 valence electrons. The van der Waals surface area contributed by atoms with Gasteiger partial charge < -0.3 is 5.32 Å². The lowest BCUT2D eigenvalue weighted by atomic mass is 10.1. The molecular weight excluding hydrogens is 593 g/mol. The van der Waals surface area contributed by atoms with E-state index in [1.54, 1.807) is 54.6 Å². The summed E-state index contributed by atoms with van der Waals surface area (Å²) in [6, 6.07) is 24.8. The van der Waals surface area contributed by atoms with Crippen LogP contribution < -0.4 is 15.6 Å². The van der Waals surface area contributed by atoms with Gasteiger partial charge in [0, 0.05) is 16.8 Å². The lowest BCUT2D eigenvalue weighted by molar-refractivity contribution is -0.137. The highest BCUT2D eigenvalue weighted by Gasteiger charge is 2.31. The van der Waals surface area contributed by atoms with E-state index < -0.39 is 27.7 Å². The number of alkyl halides is 3. The summed E-state index contributed by atoms with van der Waals surface area (Å²) in [5.41, 5.74) is 2.27. The molecule has 0 saturated heterocycles. The largest absolute Gasteiger partial charge is 0.416 e. The summed E-state index contributed by atoms with van der Waals surface area (Å²) in [6.07, 6.45) is -4.57. The number of anilines is 2. The fourth-order valence-corrected chi connectivity index (χ4v) is 4.97. The maximum absolute atomic E-state index is 13.4. The number of nitrogens with one attached hydrogen (secondary N) is 3. The summed E-state index contributed by atoms with van der Waals surface area (Å²) in [4.78, 5) is 19.2. The van der Waals surface area contributed by atoms with Crippen LogP contribution in [-0.2, 0) is 16.2 Å². The van der Waals surface area contributed by atoms with Crippen LogP contribution in [0.15, 0.2) is 108 Å². The minimum Gasteiger partial charge on any atom is -0.323 e. The number of halogens is 4. The zero-order chi connectivity index (χ0) is 29.9. The van der Waals surface area contributed by atoms with Crippen molar-refractivity contribution in [3.8, 4) is 17.1 Å². The van der Waals surface area contributed by atoms with Crippen molar-refractivity contribution in [1.29, 1.82) is 0 Å². The minimum atomic E-state index is -4.57. The standard InChI is InChI=1S/C28H20ClF3N6O3S/c29-24-15-5-4-14-23(24)25-34-27(36-38(25)21-11-7-9-19(17-21)28(30,31)32)33-20-10-6-8-18(16-20)26(39)35-37-42(40,41)22-12-2-1-3-13-22/h1-17,37H,(H,33,36)(H,35,39). The lowest BCUT2D eigenvalue weighted by Crippen LogP contribution is -2.41. The average molecular weight is 613 g/mol. The van der Waals surface area contributed by atoms with Crippen LogP contribution in [0.4, 0.5) is 24.8 Å². The van der Waals surface area contributed by atoms with Crippen molar-refractivity contribution < 1.29 is 26.4 Å². The van der Waals surface area contributed by atoms with Gasteiger partial charge in [0.15, 0.2) is 5.82 Å². The van der Waals surface area contributed by atoms with E-state index in [1.807, 2.05) is 4.83 Å². The SMILES string of the molecule is O=C(NNS(=O)(=O)c1ccccc1)c1cccc(Nc2nc(-c3ccccc3Cl)n(-c3cccc(C(F)(F)F)c3)n2)c1. The first kappa shape index (κ1) is 28.8. The molecule has 1 heterocycles. The van der Waals surface area contributed by atoms with E-state index in [1.165, 1.54) is 41.1 Å². The van der Waals surface area contributed by atoms with Crippen LogP contribution in [0.2, 0.25) is 5.02 Å². The highest BCUT2D eigenvalue weighted by Crippen LogP contribution is 2.33. The van der Waals surface area contributed by atoms with Gasteiger partial charge in [0.25, 0.3) is 15.9 Å². The molecule has 0 bridgehead atoms. The molecule has 9 nitrogen and oxygen atoms in total. The van der Waals surface area contributed by atoms with Crippen molar-refractivity contribution in [1.82, 2.24) is 25.0 Å². The van der Waals surface area contributed by atoms with Crippen molar-refractivity contribution in [2.24, 2.45) is 0 Å². The predicted molar refractivity (Wildman–Crippen MR) is 151 cm³/mol. The fraction of sp³-hybridized carbons (Fsp3) is 0.0357. The molecule has 0 radical (unpaired) electrons. The third kappa shape index (κ3) is 6.43. The van der Waals surface area contributed by atoms with E-state index >= 15 is 0 Å². The smallest absolute Gasteiger partial charge is 0.323 e. The van der Waals surface area contributed by atoms with Gasteiger partial charge in [-0.15, -0.1) is 9.93 Å². The van der Waals surface area contributed by atoms with Crippen molar-refractivity contribution in [3.05, 3.63) is 119 Å². The number of rotatable bonds is 8. The number of hydrogen-bond donors (Lipinski definition) is 3. The molecule has 0 aliphatic rings. The van der Waals surface area contributed by atoms with E-state index in [-0.39, 0.29) is 27.9 Å². The van der Waals surface area contributed by atoms with Gasteiger partial charge in [-0.3, -0.25) is 10.2 Å². The zero-order valence-corrected chi connectivity index (χ0v) is 22.9. The van der Waals surface area contributed by atoms with Crippen LogP contribution >= 0.6 is 11.6 Å². The van der Waals surface area contributed by atoms with Crippen LogP contribution in [0.5, 0.6) is 0 Å². The maximum atomic E-state index is 13.4. The number of hydrogen-bond acceptors (Lipinski definition) is 6. The molecular formula is C28H20ClF3N6O3S. The molecule has 5 rings (SSSR count). The van der Waals surface area contributed by atoms with Crippen LogP contribution in [0, 0.1) is 0 Å². The van der Waals surface area contributed by atoms with E-state index in [9.17, 15) is 26.4 Å². The second-order valence-electron chi connectivity index (χ2n) is 8.78. The highest BCUT2D eigenvalue weighted by molar-refractivity contribution is 7.89. The van der Waals surface area contributed by atoms with Crippen molar-refractivity contribution in [3.63, 3.8) is 0 Å². The Labute approximate surface area is 243 Å². The minimum absolute atomic E-state index is 0.00432. The molecule has 0 atom stereocenters. The molecule has 14 heteroatoms. The number of amides is 1. The lowest BCUT2D eigenvalue weighted by Gasteiger charge is -2.10. The molecule has 0 saturated carbocycles. The summed E-state index contributed by atoms with van der Waals surface area (Å²) in [7, 11) is -3.99. The normalized spacial score (nSPS) is 11.7. The van der Waals surface area contributed by atoms with Crippen LogP contribution in [0.1, 0.15) is 15.9 Å². The first-order valence-corrected chi connectivity index (χ1v) is 14.0. The summed E-state index contributed by atoms with van der Waals surface area (Å²) in [5, 5.41) is 7.61. The molecule has 0 unspecified atom stereocenters. The van der Waals surface area contributed by atoms with Crippen LogP contribution in [-0.4, -0.2) is 29.1 Å². The van der Waals surface area contributed by atoms with Gasteiger partial charge in [0.2, 0.25) is 5.95 Å². The molecule has 4 aromatic carbocycles. The van der Waals surface area contributed by atoms with E-state index in [2.05, 4.69) is 20.8 Å². The maximum Gasteiger partial charge on any atom is 0.416 e. The van der Waals surface area contributed by atoms with E-state index in [0.29, 0.717) is 16.3 Å². The molecule has 42 heavy (non-hydrogen) atoms. The average Bonchev–Trinajstić information content (AvgIpc) is 3.40. The monoisotopic (exact) mass is 612 g/mol. The Bertz CT molecular complexity index is 1860.